The molecule has 0 spiro atoms. The molecule has 0 fully saturated rings. The number of hydrogen-bond acceptors (Lipinski definition) is 3. The molecule has 0 aliphatic rings. The topological polar surface area (TPSA) is 49.4 Å². The Kier molecular flexibility index (Phi) is 9.58. The lowest BCUT2D eigenvalue weighted by molar-refractivity contribution is -0.139. The Morgan fingerprint density at radius 2 is 1.30 bits per heavy atom. The normalized spacial score (nSPS) is 11.7. The molecule has 0 aliphatic carbocycles. The van der Waals surface area contributed by atoms with Crippen LogP contribution in [-0.2, 0) is 28.3 Å². The number of benzene rings is 3. The van der Waals surface area contributed by atoms with E-state index in [-0.39, 0.29) is 17.9 Å². The Bertz CT molecular complexity index is 994. The van der Waals surface area contributed by atoms with Crippen LogP contribution in [0.3, 0.4) is 0 Å². The molecule has 2 amide bonds. The summed E-state index contributed by atoms with van der Waals surface area (Å²) in [6.07, 6.45) is 0.474. The quantitative estimate of drug-likeness (QED) is 0.434. The third-order valence-corrected chi connectivity index (χ3v) is 6.22. The Morgan fingerprint density at radius 1 is 0.788 bits per heavy atom. The van der Waals surface area contributed by atoms with E-state index in [1.54, 1.807) is 16.7 Å². The van der Waals surface area contributed by atoms with Gasteiger partial charge in [0.05, 0.1) is 5.75 Å². The van der Waals surface area contributed by atoms with Crippen LogP contribution in [0.2, 0.25) is 0 Å². The molecular formula is C28H32N2O2S. The van der Waals surface area contributed by atoms with E-state index in [0.717, 1.165) is 16.9 Å². The van der Waals surface area contributed by atoms with Gasteiger partial charge in [0.15, 0.2) is 0 Å². The van der Waals surface area contributed by atoms with Gasteiger partial charge in [-0.1, -0.05) is 91.0 Å². The first-order valence-corrected chi connectivity index (χ1v) is 12.5. The second-order valence-corrected chi connectivity index (χ2v) is 9.34. The molecule has 0 heterocycles. The van der Waals surface area contributed by atoms with E-state index < -0.39 is 6.04 Å². The van der Waals surface area contributed by atoms with Crippen molar-refractivity contribution >= 4 is 23.6 Å². The maximum atomic E-state index is 13.5. The molecule has 0 aliphatic heterocycles. The summed E-state index contributed by atoms with van der Waals surface area (Å²) in [6.45, 7) is 4.28. The van der Waals surface area contributed by atoms with E-state index in [1.165, 1.54) is 5.56 Å². The fourth-order valence-corrected chi connectivity index (χ4v) is 4.50. The summed E-state index contributed by atoms with van der Waals surface area (Å²) in [6, 6.07) is 29.3. The third kappa shape index (κ3) is 8.10. The summed E-state index contributed by atoms with van der Waals surface area (Å²) in [5.41, 5.74) is 3.22. The van der Waals surface area contributed by atoms with Crippen molar-refractivity contribution < 1.29 is 9.59 Å². The Labute approximate surface area is 201 Å². The number of thioether (sulfide) groups is 1. The lowest BCUT2D eigenvalue weighted by Crippen LogP contribution is -2.52. The molecule has 3 aromatic rings. The molecular weight excluding hydrogens is 428 g/mol. The van der Waals surface area contributed by atoms with Crippen LogP contribution in [-0.4, -0.2) is 34.6 Å². The number of amides is 2. The summed E-state index contributed by atoms with van der Waals surface area (Å²) in [5.74, 6) is 0.931. The maximum absolute atomic E-state index is 13.5. The van der Waals surface area contributed by atoms with Gasteiger partial charge >= 0.3 is 0 Å². The molecule has 0 unspecified atom stereocenters. The van der Waals surface area contributed by atoms with E-state index in [2.05, 4.69) is 17.4 Å². The van der Waals surface area contributed by atoms with Gasteiger partial charge in [-0.25, -0.2) is 0 Å². The van der Waals surface area contributed by atoms with Crippen LogP contribution < -0.4 is 5.32 Å². The zero-order valence-electron chi connectivity index (χ0n) is 19.3. The molecule has 33 heavy (non-hydrogen) atoms. The fraction of sp³-hybridized carbons (Fsp3) is 0.286. The lowest BCUT2D eigenvalue weighted by atomic mass is 10.0. The first-order chi connectivity index (χ1) is 16.0. The average molecular weight is 461 g/mol. The van der Waals surface area contributed by atoms with Crippen molar-refractivity contribution in [1.29, 1.82) is 0 Å². The highest BCUT2D eigenvalue weighted by molar-refractivity contribution is 7.99. The molecule has 0 saturated heterocycles. The second kappa shape index (κ2) is 12.9. The summed E-state index contributed by atoms with van der Waals surface area (Å²) >= 11 is 1.58. The summed E-state index contributed by atoms with van der Waals surface area (Å²) < 4.78 is 0. The predicted octanol–water partition coefficient (Wildman–Crippen LogP) is 5.08. The molecule has 0 bridgehead atoms. The minimum absolute atomic E-state index is 0.00286. The standard InChI is InChI=1S/C28H32N2O2S/c1-22(2)29-28(32)26(18-23-12-6-3-7-13-23)30(19-24-14-8-4-9-15-24)27(31)21-33-20-25-16-10-5-11-17-25/h3-17,22,26H,18-21H2,1-2H3,(H,29,32)/t26-/m1/s1. The van der Waals surface area contributed by atoms with Gasteiger partial charge in [-0.3, -0.25) is 9.59 Å². The van der Waals surface area contributed by atoms with E-state index in [0.29, 0.717) is 18.7 Å². The average Bonchev–Trinajstić information content (AvgIpc) is 2.83. The first kappa shape index (κ1) is 24.6. The molecule has 0 aromatic heterocycles. The number of carbonyl (C=O) groups excluding carboxylic acids is 2. The van der Waals surface area contributed by atoms with Crippen molar-refractivity contribution in [2.45, 2.75) is 44.6 Å². The van der Waals surface area contributed by atoms with Crippen LogP contribution in [0.15, 0.2) is 91.0 Å². The van der Waals surface area contributed by atoms with Gasteiger partial charge in [0, 0.05) is 24.8 Å². The number of rotatable bonds is 11. The molecule has 3 aromatic carbocycles. The van der Waals surface area contributed by atoms with E-state index >= 15 is 0 Å². The summed E-state index contributed by atoms with van der Waals surface area (Å²) in [7, 11) is 0. The Morgan fingerprint density at radius 3 is 1.85 bits per heavy atom. The van der Waals surface area contributed by atoms with Crippen LogP contribution in [0.1, 0.15) is 30.5 Å². The minimum Gasteiger partial charge on any atom is -0.352 e. The second-order valence-electron chi connectivity index (χ2n) is 8.35. The lowest BCUT2D eigenvalue weighted by Gasteiger charge is -2.32. The number of nitrogens with zero attached hydrogens (tertiary/aromatic N) is 1. The van der Waals surface area contributed by atoms with Gasteiger partial charge in [-0.15, -0.1) is 11.8 Å². The Hall–Kier alpha value is -3.05. The molecule has 0 saturated carbocycles. The van der Waals surface area contributed by atoms with Crippen LogP contribution in [0.4, 0.5) is 0 Å². The molecule has 1 atom stereocenters. The smallest absolute Gasteiger partial charge is 0.243 e. The highest BCUT2D eigenvalue weighted by Gasteiger charge is 2.30. The molecule has 3 rings (SSSR count). The maximum Gasteiger partial charge on any atom is 0.243 e. The van der Waals surface area contributed by atoms with Gasteiger partial charge in [-0.05, 0) is 30.5 Å². The largest absolute Gasteiger partial charge is 0.352 e. The van der Waals surface area contributed by atoms with E-state index in [4.69, 9.17) is 0 Å². The monoisotopic (exact) mass is 460 g/mol. The Balaban J connectivity index is 1.82. The van der Waals surface area contributed by atoms with Crippen molar-refractivity contribution in [3.8, 4) is 0 Å². The first-order valence-electron chi connectivity index (χ1n) is 11.3. The highest BCUT2D eigenvalue weighted by Crippen LogP contribution is 2.18. The van der Waals surface area contributed by atoms with Crippen LogP contribution >= 0.6 is 11.8 Å². The fourth-order valence-electron chi connectivity index (χ4n) is 3.63. The van der Waals surface area contributed by atoms with Gasteiger partial charge < -0.3 is 10.2 Å². The van der Waals surface area contributed by atoms with Crippen LogP contribution in [0.25, 0.3) is 0 Å². The molecule has 1 N–H and O–H groups in total. The van der Waals surface area contributed by atoms with Gasteiger partial charge in [-0.2, -0.15) is 0 Å². The summed E-state index contributed by atoms with van der Waals surface area (Å²) in [4.78, 5) is 28.5. The zero-order valence-corrected chi connectivity index (χ0v) is 20.1. The number of hydrogen-bond donors (Lipinski definition) is 1. The SMILES string of the molecule is CC(C)NC(=O)[C@@H](Cc1ccccc1)N(Cc1ccccc1)C(=O)CSCc1ccccc1. The highest BCUT2D eigenvalue weighted by atomic mass is 32.2. The molecule has 0 radical (unpaired) electrons. The molecule has 172 valence electrons. The van der Waals surface area contributed by atoms with Crippen LogP contribution in [0, 0.1) is 0 Å². The number of carbonyl (C=O) groups is 2. The zero-order chi connectivity index (χ0) is 23.5. The van der Waals surface area contributed by atoms with E-state index in [1.807, 2.05) is 92.7 Å². The van der Waals surface area contributed by atoms with Crippen LogP contribution in [0.5, 0.6) is 0 Å². The van der Waals surface area contributed by atoms with Crippen molar-refractivity contribution in [3.05, 3.63) is 108 Å². The van der Waals surface area contributed by atoms with Crippen molar-refractivity contribution in [1.82, 2.24) is 10.2 Å². The molecule has 5 heteroatoms. The van der Waals surface area contributed by atoms with Crippen molar-refractivity contribution in [2.75, 3.05) is 5.75 Å². The minimum atomic E-state index is -0.583. The van der Waals surface area contributed by atoms with Gasteiger partial charge in [0.1, 0.15) is 6.04 Å². The van der Waals surface area contributed by atoms with Crippen molar-refractivity contribution in [3.63, 3.8) is 0 Å². The van der Waals surface area contributed by atoms with Gasteiger partial charge in [0.2, 0.25) is 11.8 Å². The molecule has 4 nitrogen and oxygen atoms in total. The number of nitrogens with one attached hydrogen (secondary N) is 1. The predicted molar refractivity (Wildman–Crippen MR) is 137 cm³/mol. The summed E-state index contributed by atoms with van der Waals surface area (Å²) in [5, 5.41) is 3.03. The van der Waals surface area contributed by atoms with Crippen molar-refractivity contribution in [2.24, 2.45) is 0 Å². The van der Waals surface area contributed by atoms with E-state index in [9.17, 15) is 9.59 Å². The van der Waals surface area contributed by atoms with Gasteiger partial charge in [0.25, 0.3) is 0 Å². The third-order valence-electron chi connectivity index (χ3n) is 5.23.